The second-order valence-electron chi connectivity index (χ2n) is 4.83. The molecule has 0 aliphatic carbocycles. The first-order chi connectivity index (χ1) is 8.75. The van der Waals surface area contributed by atoms with Crippen LogP contribution in [0.15, 0.2) is 35.3 Å². The highest BCUT2D eigenvalue weighted by molar-refractivity contribution is 5.99. The lowest BCUT2D eigenvalue weighted by molar-refractivity contribution is -0.123. The molecule has 0 N–H and O–H groups in total. The molecule has 0 bridgehead atoms. The predicted molar refractivity (Wildman–Crippen MR) is 68.1 cm³/mol. The summed E-state index contributed by atoms with van der Waals surface area (Å²) in [7, 11) is 0. The van der Waals surface area contributed by atoms with Crippen molar-refractivity contribution >= 4 is 11.9 Å². The first kappa shape index (κ1) is 11.3. The molecule has 1 aromatic rings. The number of amides is 1. The molecule has 2 aliphatic rings. The van der Waals surface area contributed by atoms with Gasteiger partial charge in [-0.3, -0.25) is 4.79 Å². The molecule has 0 aromatic heterocycles. The molecule has 1 amide bonds. The first-order valence-corrected chi connectivity index (χ1v) is 6.36. The minimum atomic E-state index is -0.561. The Balaban J connectivity index is 1.79. The van der Waals surface area contributed by atoms with E-state index in [1.165, 1.54) is 0 Å². The lowest BCUT2D eigenvalue weighted by Crippen LogP contribution is -2.34. The Morgan fingerprint density at radius 3 is 2.78 bits per heavy atom. The quantitative estimate of drug-likeness (QED) is 0.760. The van der Waals surface area contributed by atoms with E-state index in [4.69, 9.17) is 4.74 Å². The van der Waals surface area contributed by atoms with Crippen LogP contribution in [0.3, 0.4) is 0 Å². The molecule has 0 unspecified atom stereocenters. The minimum absolute atomic E-state index is 0.199. The van der Waals surface area contributed by atoms with Gasteiger partial charge in [-0.1, -0.05) is 30.3 Å². The van der Waals surface area contributed by atoms with Crippen LogP contribution in [0.5, 0.6) is 0 Å². The minimum Gasteiger partial charge on any atom is -0.446 e. The smallest absolute Gasteiger partial charge is 0.296 e. The van der Waals surface area contributed by atoms with Crippen LogP contribution in [0.4, 0.5) is 0 Å². The standard InChI is InChI=1S/C14H16N2O2/c1-10-6-5-9-16(10)14-15-13(17)12(18-14)11-7-3-2-4-8-11/h2-4,7-8,10,12H,5-6,9H2,1H3/t10-,12-/m1/s1. The Kier molecular flexibility index (Phi) is 2.78. The molecule has 0 saturated carbocycles. The molecule has 2 heterocycles. The molecule has 1 fully saturated rings. The third kappa shape index (κ3) is 1.88. The molecule has 1 saturated heterocycles. The summed E-state index contributed by atoms with van der Waals surface area (Å²) in [6.45, 7) is 3.06. The maximum absolute atomic E-state index is 11.9. The van der Waals surface area contributed by atoms with Crippen molar-refractivity contribution in [3.63, 3.8) is 0 Å². The molecule has 2 aliphatic heterocycles. The number of benzene rings is 1. The third-order valence-corrected chi connectivity index (χ3v) is 3.55. The van der Waals surface area contributed by atoms with E-state index in [0.717, 1.165) is 24.9 Å². The highest BCUT2D eigenvalue weighted by Crippen LogP contribution is 2.28. The Labute approximate surface area is 106 Å². The number of carbonyl (C=O) groups is 1. The number of likely N-dealkylation sites (tertiary alicyclic amines) is 1. The van der Waals surface area contributed by atoms with Crippen molar-refractivity contribution in [3.05, 3.63) is 35.9 Å². The van der Waals surface area contributed by atoms with Crippen LogP contribution >= 0.6 is 0 Å². The van der Waals surface area contributed by atoms with E-state index in [-0.39, 0.29) is 5.91 Å². The van der Waals surface area contributed by atoms with E-state index in [0.29, 0.717) is 12.1 Å². The van der Waals surface area contributed by atoms with E-state index in [1.54, 1.807) is 0 Å². The van der Waals surface area contributed by atoms with Gasteiger partial charge in [-0.15, -0.1) is 0 Å². The predicted octanol–water partition coefficient (Wildman–Crippen LogP) is 2.12. The second kappa shape index (κ2) is 4.44. The van der Waals surface area contributed by atoms with Crippen LogP contribution in [0, 0.1) is 0 Å². The van der Waals surface area contributed by atoms with Gasteiger partial charge in [0.1, 0.15) is 0 Å². The van der Waals surface area contributed by atoms with Gasteiger partial charge >= 0.3 is 0 Å². The maximum atomic E-state index is 11.9. The Morgan fingerprint density at radius 2 is 2.11 bits per heavy atom. The molecule has 4 nitrogen and oxygen atoms in total. The zero-order valence-electron chi connectivity index (χ0n) is 10.4. The Hall–Kier alpha value is -1.84. The molecule has 94 valence electrons. The monoisotopic (exact) mass is 244 g/mol. The first-order valence-electron chi connectivity index (χ1n) is 6.36. The summed E-state index contributed by atoms with van der Waals surface area (Å²) in [4.78, 5) is 18.1. The van der Waals surface area contributed by atoms with Crippen molar-refractivity contribution in [1.82, 2.24) is 4.90 Å². The van der Waals surface area contributed by atoms with Crippen molar-refractivity contribution in [2.24, 2.45) is 4.99 Å². The van der Waals surface area contributed by atoms with Crippen molar-refractivity contribution in [2.75, 3.05) is 6.54 Å². The summed E-state index contributed by atoms with van der Waals surface area (Å²) in [5.41, 5.74) is 0.869. The molecule has 0 radical (unpaired) electrons. The van der Waals surface area contributed by atoms with Gasteiger partial charge in [-0.2, -0.15) is 4.99 Å². The summed E-state index contributed by atoms with van der Waals surface area (Å²) >= 11 is 0. The van der Waals surface area contributed by atoms with Gasteiger partial charge in [-0.25, -0.2) is 0 Å². The zero-order chi connectivity index (χ0) is 12.5. The fraction of sp³-hybridized carbons (Fsp3) is 0.429. The summed E-state index contributed by atoms with van der Waals surface area (Å²) in [6, 6.07) is 10.4. The maximum Gasteiger partial charge on any atom is 0.296 e. The van der Waals surface area contributed by atoms with Gasteiger partial charge in [0.05, 0.1) is 0 Å². The van der Waals surface area contributed by atoms with Crippen LogP contribution in [-0.2, 0) is 9.53 Å². The van der Waals surface area contributed by atoms with Crippen molar-refractivity contribution in [2.45, 2.75) is 31.9 Å². The van der Waals surface area contributed by atoms with Crippen LogP contribution < -0.4 is 0 Å². The van der Waals surface area contributed by atoms with Crippen LogP contribution in [-0.4, -0.2) is 29.4 Å². The van der Waals surface area contributed by atoms with Gasteiger partial charge in [0, 0.05) is 18.2 Å². The van der Waals surface area contributed by atoms with Crippen LogP contribution in [0.1, 0.15) is 31.4 Å². The number of nitrogens with zero attached hydrogens (tertiary/aromatic N) is 2. The molecular weight excluding hydrogens is 228 g/mol. The fourth-order valence-corrected chi connectivity index (χ4v) is 2.52. The molecule has 3 rings (SSSR count). The molecule has 1 aromatic carbocycles. The van der Waals surface area contributed by atoms with Gasteiger partial charge in [0.15, 0.2) is 0 Å². The lowest BCUT2D eigenvalue weighted by Gasteiger charge is -2.22. The van der Waals surface area contributed by atoms with Crippen molar-refractivity contribution in [3.8, 4) is 0 Å². The summed E-state index contributed by atoms with van der Waals surface area (Å²) in [6.07, 6.45) is 1.70. The highest BCUT2D eigenvalue weighted by Gasteiger charge is 2.36. The summed E-state index contributed by atoms with van der Waals surface area (Å²) in [5.74, 6) is -0.199. The Morgan fingerprint density at radius 1 is 1.33 bits per heavy atom. The van der Waals surface area contributed by atoms with Gasteiger partial charge in [0.25, 0.3) is 11.9 Å². The number of aliphatic imine (C=N–C) groups is 1. The van der Waals surface area contributed by atoms with Crippen molar-refractivity contribution in [1.29, 1.82) is 0 Å². The van der Waals surface area contributed by atoms with Gasteiger partial charge in [0.2, 0.25) is 6.10 Å². The molecule has 2 atom stereocenters. The van der Waals surface area contributed by atoms with Crippen molar-refractivity contribution < 1.29 is 9.53 Å². The Bertz CT molecular complexity index is 484. The largest absolute Gasteiger partial charge is 0.446 e. The molecule has 4 heteroatoms. The lowest BCUT2D eigenvalue weighted by atomic mass is 10.1. The highest BCUT2D eigenvalue weighted by atomic mass is 16.5. The van der Waals surface area contributed by atoms with E-state index in [9.17, 15) is 4.79 Å². The zero-order valence-corrected chi connectivity index (χ0v) is 10.4. The number of hydrogen-bond acceptors (Lipinski definition) is 3. The normalized spacial score (nSPS) is 27.3. The van der Waals surface area contributed by atoms with E-state index in [1.807, 2.05) is 30.3 Å². The molecular formula is C14H16N2O2. The van der Waals surface area contributed by atoms with E-state index >= 15 is 0 Å². The molecule has 0 spiro atoms. The second-order valence-corrected chi connectivity index (χ2v) is 4.83. The van der Waals surface area contributed by atoms with Crippen LogP contribution in [0.25, 0.3) is 0 Å². The third-order valence-electron chi connectivity index (χ3n) is 3.55. The summed E-state index contributed by atoms with van der Waals surface area (Å²) < 4.78 is 5.74. The van der Waals surface area contributed by atoms with Crippen LogP contribution in [0.2, 0.25) is 0 Å². The number of hydrogen-bond donors (Lipinski definition) is 0. The fourth-order valence-electron chi connectivity index (χ4n) is 2.52. The van der Waals surface area contributed by atoms with Gasteiger partial charge < -0.3 is 9.64 Å². The number of ether oxygens (including phenoxy) is 1. The van der Waals surface area contributed by atoms with E-state index in [2.05, 4.69) is 16.8 Å². The number of carbonyl (C=O) groups excluding carboxylic acids is 1. The van der Waals surface area contributed by atoms with Gasteiger partial charge in [-0.05, 0) is 19.8 Å². The average molecular weight is 244 g/mol. The number of amidine groups is 1. The molecule has 18 heavy (non-hydrogen) atoms. The SMILES string of the molecule is C[C@@H]1CCCN1C1=NC(=O)[C@@H](c2ccccc2)O1. The topological polar surface area (TPSA) is 41.9 Å². The summed E-state index contributed by atoms with van der Waals surface area (Å²) in [5, 5.41) is 0. The average Bonchev–Trinajstić information content (AvgIpc) is 2.96. The van der Waals surface area contributed by atoms with E-state index < -0.39 is 6.10 Å². The number of rotatable bonds is 1.